The van der Waals surface area contributed by atoms with Crippen LogP contribution >= 0.6 is 11.6 Å². The maximum Gasteiger partial charge on any atom is 0.238 e. The number of rotatable bonds is 4. The number of hydrogen-bond acceptors (Lipinski definition) is 4. The molecule has 0 aliphatic rings. The first-order valence-corrected chi connectivity index (χ1v) is 8.32. The maximum absolute atomic E-state index is 11.4. The van der Waals surface area contributed by atoms with Crippen LogP contribution in [0.5, 0.6) is 0 Å². The Morgan fingerprint density at radius 2 is 2.00 bits per heavy atom. The van der Waals surface area contributed by atoms with E-state index in [1.165, 1.54) is 12.1 Å². The summed E-state index contributed by atoms with van der Waals surface area (Å²) in [6.07, 6.45) is 0. The summed E-state index contributed by atoms with van der Waals surface area (Å²) < 4.78 is 22.8. The molecular weight excluding hydrogens is 322 g/mol. The average Bonchev–Trinajstić information content (AvgIpc) is 2.48. The highest BCUT2D eigenvalue weighted by molar-refractivity contribution is 7.89. The van der Waals surface area contributed by atoms with Crippen LogP contribution in [-0.2, 0) is 10.0 Å². The van der Waals surface area contributed by atoms with Gasteiger partial charge in [0.2, 0.25) is 10.0 Å². The molecular formula is C15H14ClN3O2S. The molecule has 0 unspecified atom stereocenters. The molecule has 2 aromatic rings. The van der Waals surface area contributed by atoms with E-state index in [-0.39, 0.29) is 10.9 Å². The molecule has 0 amide bonds. The minimum Gasteiger partial charge on any atom is -0.377 e. The molecule has 22 heavy (non-hydrogen) atoms. The number of nitriles is 1. The molecule has 0 saturated carbocycles. The van der Waals surface area contributed by atoms with Crippen LogP contribution in [0.25, 0.3) is 0 Å². The first-order chi connectivity index (χ1) is 10.3. The van der Waals surface area contributed by atoms with E-state index < -0.39 is 10.0 Å². The SMILES string of the molecule is C[C@@H](Nc1ccc(Cl)cc1C#N)c1cccc(S(N)(=O)=O)c1. The summed E-state index contributed by atoms with van der Waals surface area (Å²) in [5, 5.41) is 17.9. The van der Waals surface area contributed by atoms with Crippen molar-refractivity contribution < 1.29 is 8.42 Å². The van der Waals surface area contributed by atoms with Crippen molar-refractivity contribution in [2.45, 2.75) is 17.9 Å². The Balaban J connectivity index is 2.31. The molecule has 0 aliphatic carbocycles. The van der Waals surface area contributed by atoms with Crippen LogP contribution in [-0.4, -0.2) is 8.42 Å². The van der Waals surface area contributed by atoms with Crippen molar-refractivity contribution in [1.82, 2.24) is 0 Å². The van der Waals surface area contributed by atoms with Gasteiger partial charge in [0.05, 0.1) is 16.1 Å². The summed E-state index contributed by atoms with van der Waals surface area (Å²) in [6, 6.07) is 13.2. The van der Waals surface area contributed by atoms with Gasteiger partial charge in [-0.1, -0.05) is 23.7 Å². The minimum atomic E-state index is -3.75. The molecule has 0 bridgehead atoms. The second-order valence-corrected chi connectivity index (χ2v) is 6.78. The normalized spacial score (nSPS) is 12.5. The van der Waals surface area contributed by atoms with Gasteiger partial charge in [-0.25, -0.2) is 13.6 Å². The summed E-state index contributed by atoms with van der Waals surface area (Å²) in [5.41, 5.74) is 1.78. The summed E-state index contributed by atoms with van der Waals surface area (Å²) >= 11 is 5.86. The first-order valence-electron chi connectivity index (χ1n) is 6.40. The number of nitrogens with one attached hydrogen (secondary N) is 1. The predicted molar refractivity (Wildman–Crippen MR) is 86.0 cm³/mol. The first kappa shape index (κ1) is 16.3. The standard InChI is InChI=1S/C15H14ClN3O2S/c1-10(11-3-2-4-14(8-11)22(18,20)21)19-15-6-5-13(16)7-12(15)9-17/h2-8,10,19H,1H3,(H2,18,20,21)/t10-/m1/s1. The van der Waals surface area contributed by atoms with E-state index in [1.54, 1.807) is 30.3 Å². The smallest absolute Gasteiger partial charge is 0.238 e. The maximum atomic E-state index is 11.4. The topological polar surface area (TPSA) is 96.0 Å². The van der Waals surface area contributed by atoms with Crippen molar-refractivity contribution in [2.24, 2.45) is 5.14 Å². The second-order valence-electron chi connectivity index (χ2n) is 4.79. The molecule has 2 aromatic carbocycles. The number of anilines is 1. The van der Waals surface area contributed by atoms with Gasteiger partial charge in [0.25, 0.3) is 0 Å². The lowest BCUT2D eigenvalue weighted by molar-refractivity contribution is 0.597. The average molecular weight is 336 g/mol. The molecule has 0 aliphatic heterocycles. The number of nitrogens with zero attached hydrogens (tertiary/aromatic N) is 1. The molecule has 0 spiro atoms. The van der Waals surface area contributed by atoms with Crippen LogP contribution in [0.1, 0.15) is 24.1 Å². The summed E-state index contributed by atoms with van der Waals surface area (Å²) in [5.74, 6) is 0. The summed E-state index contributed by atoms with van der Waals surface area (Å²) in [4.78, 5) is 0.0512. The molecule has 5 nitrogen and oxygen atoms in total. The lowest BCUT2D eigenvalue weighted by Crippen LogP contribution is -2.14. The lowest BCUT2D eigenvalue weighted by Gasteiger charge is -2.17. The van der Waals surface area contributed by atoms with Crippen molar-refractivity contribution in [3.05, 3.63) is 58.6 Å². The molecule has 3 N–H and O–H groups in total. The largest absolute Gasteiger partial charge is 0.377 e. The Hall–Kier alpha value is -2.07. The van der Waals surface area contributed by atoms with Crippen LogP contribution in [0.3, 0.4) is 0 Å². The number of benzene rings is 2. The molecule has 114 valence electrons. The number of primary sulfonamides is 1. The highest BCUT2D eigenvalue weighted by atomic mass is 35.5. The molecule has 7 heteroatoms. The second kappa shape index (κ2) is 6.36. The van der Waals surface area contributed by atoms with Crippen LogP contribution in [0.2, 0.25) is 5.02 Å². The van der Waals surface area contributed by atoms with Gasteiger partial charge < -0.3 is 5.32 Å². The molecule has 2 rings (SSSR count). The van der Waals surface area contributed by atoms with Gasteiger partial charge in [-0.15, -0.1) is 0 Å². The van der Waals surface area contributed by atoms with Gasteiger partial charge in [-0.05, 0) is 42.8 Å². The van der Waals surface area contributed by atoms with Crippen molar-refractivity contribution >= 4 is 27.3 Å². The molecule has 0 heterocycles. The van der Waals surface area contributed by atoms with Gasteiger partial charge in [-0.3, -0.25) is 0 Å². The van der Waals surface area contributed by atoms with Gasteiger partial charge in [0, 0.05) is 11.1 Å². The molecule has 0 aromatic heterocycles. The van der Waals surface area contributed by atoms with Crippen LogP contribution < -0.4 is 10.5 Å². The Morgan fingerprint density at radius 1 is 1.27 bits per heavy atom. The van der Waals surface area contributed by atoms with Crippen molar-refractivity contribution in [3.8, 4) is 6.07 Å². The Labute approximate surface area is 134 Å². The highest BCUT2D eigenvalue weighted by Crippen LogP contribution is 2.25. The molecule has 0 fully saturated rings. The molecule has 1 atom stereocenters. The summed E-state index contributed by atoms with van der Waals surface area (Å²) in [6.45, 7) is 1.86. The third-order valence-electron chi connectivity index (χ3n) is 3.16. The summed E-state index contributed by atoms with van der Waals surface area (Å²) in [7, 11) is -3.75. The van der Waals surface area contributed by atoms with Crippen LogP contribution in [0.15, 0.2) is 47.4 Å². The van der Waals surface area contributed by atoms with Crippen molar-refractivity contribution in [2.75, 3.05) is 5.32 Å². The molecule has 0 saturated heterocycles. The monoisotopic (exact) mass is 335 g/mol. The Kier molecular flexibility index (Phi) is 4.71. The van der Waals surface area contributed by atoms with Gasteiger partial charge in [-0.2, -0.15) is 5.26 Å². The third-order valence-corrected chi connectivity index (χ3v) is 4.31. The van der Waals surface area contributed by atoms with E-state index in [4.69, 9.17) is 22.0 Å². The van der Waals surface area contributed by atoms with Gasteiger partial charge in [0.15, 0.2) is 0 Å². The number of nitrogens with two attached hydrogens (primary N) is 1. The fourth-order valence-corrected chi connectivity index (χ4v) is 2.75. The fraction of sp³-hybridized carbons (Fsp3) is 0.133. The number of sulfonamides is 1. The van der Waals surface area contributed by atoms with Gasteiger partial charge in [0.1, 0.15) is 6.07 Å². The third kappa shape index (κ3) is 3.77. The quantitative estimate of drug-likeness (QED) is 0.897. The molecule has 0 radical (unpaired) electrons. The zero-order chi connectivity index (χ0) is 16.3. The Morgan fingerprint density at radius 3 is 2.64 bits per heavy atom. The zero-order valence-corrected chi connectivity index (χ0v) is 13.3. The van der Waals surface area contributed by atoms with Crippen molar-refractivity contribution in [1.29, 1.82) is 5.26 Å². The number of halogens is 1. The zero-order valence-electron chi connectivity index (χ0n) is 11.7. The van der Waals surface area contributed by atoms with Crippen LogP contribution in [0.4, 0.5) is 5.69 Å². The van der Waals surface area contributed by atoms with E-state index in [1.807, 2.05) is 6.92 Å². The van der Waals surface area contributed by atoms with Crippen molar-refractivity contribution in [3.63, 3.8) is 0 Å². The van der Waals surface area contributed by atoms with Crippen LogP contribution in [0, 0.1) is 11.3 Å². The number of hydrogen-bond donors (Lipinski definition) is 2. The van der Waals surface area contributed by atoms with E-state index >= 15 is 0 Å². The minimum absolute atomic E-state index is 0.0512. The van der Waals surface area contributed by atoms with E-state index in [0.717, 1.165) is 5.56 Å². The highest BCUT2D eigenvalue weighted by Gasteiger charge is 2.13. The van der Waals surface area contributed by atoms with E-state index in [2.05, 4.69) is 11.4 Å². The van der Waals surface area contributed by atoms with Gasteiger partial charge >= 0.3 is 0 Å². The van der Waals surface area contributed by atoms with E-state index in [9.17, 15) is 8.42 Å². The lowest BCUT2D eigenvalue weighted by atomic mass is 10.1. The van der Waals surface area contributed by atoms with E-state index in [0.29, 0.717) is 16.3 Å². The predicted octanol–water partition coefficient (Wildman–Crippen LogP) is 3.03. The Bertz CT molecular complexity index is 844. The fourth-order valence-electron chi connectivity index (χ4n) is 2.01.